The molecule has 3 nitrogen and oxygen atoms in total. The number of nitrogens with two attached hydrogens (primary N) is 1. The Morgan fingerprint density at radius 3 is 2.67 bits per heavy atom. The van der Waals surface area contributed by atoms with Crippen molar-refractivity contribution >= 4 is 5.91 Å². The zero-order chi connectivity index (χ0) is 10.9. The Morgan fingerprint density at radius 1 is 1.40 bits per heavy atom. The minimum Gasteiger partial charge on any atom is -0.341 e. The molecule has 0 bridgehead atoms. The summed E-state index contributed by atoms with van der Waals surface area (Å²) >= 11 is 0. The first-order valence-corrected chi connectivity index (χ1v) is 6.21. The third-order valence-electron chi connectivity index (χ3n) is 4.17. The van der Waals surface area contributed by atoms with Crippen LogP contribution >= 0.6 is 0 Å². The molecular formula is C12H22N2O. The van der Waals surface area contributed by atoms with Crippen LogP contribution in [0.3, 0.4) is 0 Å². The van der Waals surface area contributed by atoms with Crippen LogP contribution in [0.2, 0.25) is 0 Å². The van der Waals surface area contributed by atoms with Gasteiger partial charge in [-0.1, -0.05) is 19.8 Å². The lowest BCUT2D eigenvalue weighted by Crippen LogP contribution is -2.43. The Morgan fingerprint density at radius 2 is 2.07 bits per heavy atom. The van der Waals surface area contributed by atoms with Crippen molar-refractivity contribution in [2.24, 2.45) is 11.1 Å². The molecule has 2 rings (SSSR count). The zero-order valence-corrected chi connectivity index (χ0v) is 9.67. The number of carbonyl (C=O) groups excluding carboxylic acids is 1. The molecule has 2 N–H and O–H groups in total. The highest BCUT2D eigenvalue weighted by molar-refractivity contribution is 5.81. The summed E-state index contributed by atoms with van der Waals surface area (Å²) < 4.78 is 0. The van der Waals surface area contributed by atoms with Crippen molar-refractivity contribution in [3.63, 3.8) is 0 Å². The standard InChI is InChI=1S/C12H22N2O/c1-2-10(13)11(15)14-8-7-12(9-14)5-3-4-6-12/h10H,2-9,13H2,1H3/t10-/m0/s1. The maximum Gasteiger partial charge on any atom is 0.239 e. The summed E-state index contributed by atoms with van der Waals surface area (Å²) in [7, 11) is 0. The summed E-state index contributed by atoms with van der Waals surface area (Å²) in [6.45, 7) is 3.88. The maximum absolute atomic E-state index is 11.9. The average molecular weight is 210 g/mol. The number of rotatable bonds is 2. The van der Waals surface area contributed by atoms with Gasteiger partial charge in [-0.3, -0.25) is 4.79 Å². The van der Waals surface area contributed by atoms with Gasteiger partial charge in [-0.2, -0.15) is 0 Å². The van der Waals surface area contributed by atoms with Crippen molar-refractivity contribution < 1.29 is 4.79 Å². The SMILES string of the molecule is CC[C@H](N)C(=O)N1CCC2(CCCC2)C1. The smallest absolute Gasteiger partial charge is 0.239 e. The first-order chi connectivity index (χ1) is 7.17. The molecule has 0 radical (unpaired) electrons. The van der Waals surface area contributed by atoms with Gasteiger partial charge >= 0.3 is 0 Å². The first kappa shape index (κ1) is 10.9. The van der Waals surface area contributed by atoms with E-state index in [0.717, 1.165) is 19.5 Å². The highest BCUT2D eigenvalue weighted by Crippen LogP contribution is 2.45. The summed E-state index contributed by atoms with van der Waals surface area (Å²) in [5.41, 5.74) is 6.27. The molecule has 0 aromatic rings. The van der Waals surface area contributed by atoms with Crippen LogP contribution in [0.25, 0.3) is 0 Å². The third-order valence-corrected chi connectivity index (χ3v) is 4.17. The molecule has 1 saturated heterocycles. The molecule has 1 saturated carbocycles. The highest BCUT2D eigenvalue weighted by Gasteiger charge is 2.42. The predicted octanol–water partition coefficient (Wildman–Crippen LogP) is 1.52. The second kappa shape index (κ2) is 4.12. The first-order valence-electron chi connectivity index (χ1n) is 6.21. The molecule has 1 aliphatic heterocycles. The molecule has 1 heterocycles. The molecule has 0 aromatic carbocycles. The number of carbonyl (C=O) groups is 1. The normalized spacial score (nSPS) is 26.1. The number of nitrogens with zero attached hydrogens (tertiary/aromatic N) is 1. The minimum atomic E-state index is -0.276. The molecule has 0 aromatic heterocycles. The zero-order valence-electron chi connectivity index (χ0n) is 9.67. The van der Waals surface area contributed by atoms with E-state index in [4.69, 9.17) is 5.73 Å². The van der Waals surface area contributed by atoms with Gasteiger partial charge in [-0.15, -0.1) is 0 Å². The number of likely N-dealkylation sites (tertiary alicyclic amines) is 1. The van der Waals surface area contributed by atoms with Crippen molar-refractivity contribution in [2.45, 2.75) is 51.5 Å². The van der Waals surface area contributed by atoms with E-state index in [9.17, 15) is 4.79 Å². The van der Waals surface area contributed by atoms with Gasteiger partial charge in [0.1, 0.15) is 0 Å². The number of hydrogen-bond acceptors (Lipinski definition) is 2. The van der Waals surface area contributed by atoms with Crippen LogP contribution in [0.4, 0.5) is 0 Å². The monoisotopic (exact) mass is 210 g/mol. The van der Waals surface area contributed by atoms with Gasteiger partial charge in [-0.25, -0.2) is 0 Å². The Kier molecular flexibility index (Phi) is 3.01. The lowest BCUT2D eigenvalue weighted by Gasteiger charge is -2.24. The third kappa shape index (κ3) is 2.03. The summed E-state index contributed by atoms with van der Waals surface area (Å²) in [5, 5.41) is 0. The van der Waals surface area contributed by atoms with Gasteiger partial charge in [0.2, 0.25) is 5.91 Å². The largest absolute Gasteiger partial charge is 0.341 e. The van der Waals surface area contributed by atoms with Crippen LogP contribution in [0.5, 0.6) is 0 Å². The van der Waals surface area contributed by atoms with E-state index in [-0.39, 0.29) is 11.9 Å². The summed E-state index contributed by atoms with van der Waals surface area (Å²) in [4.78, 5) is 13.9. The van der Waals surface area contributed by atoms with Gasteiger partial charge < -0.3 is 10.6 Å². The quantitative estimate of drug-likeness (QED) is 0.751. The van der Waals surface area contributed by atoms with E-state index in [1.165, 1.54) is 32.1 Å². The Hall–Kier alpha value is -0.570. The van der Waals surface area contributed by atoms with Crippen molar-refractivity contribution in [3.8, 4) is 0 Å². The summed E-state index contributed by atoms with van der Waals surface area (Å²) in [6.07, 6.45) is 7.29. The molecule has 2 aliphatic rings. The van der Waals surface area contributed by atoms with Crippen molar-refractivity contribution in [1.82, 2.24) is 4.90 Å². The minimum absolute atomic E-state index is 0.168. The van der Waals surface area contributed by atoms with E-state index in [2.05, 4.69) is 0 Å². The highest BCUT2D eigenvalue weighted by atomic mass is 16.2. The van der Waals surface area contributed by atoms with Gasteiger partial charge in [-0.05, 0) is 31.1 Å². The van der Waals surface area contributed by atoms with E-state index in [0.29, 0.717) is 5.41 Å². The fourth-order valence-corrected chi connectivity index (χ4v) is 3.07. The lowest BCUT2D eigenvalue weighted by atomic mass is 9.86. The Balaban J connectivity index is 1.94. The van der Waals surface area contributed by atoms with Crippen LogP contribution in [0.15, 0.2) is 0 Å². The molecular weight excluding hydrogens is 188 g/mol. The molecule has 1 spiro atoms. The van der Waals surface area contributed by atoms with E-state index in [1.807, 2.05) is 11.8 Å². The van der Waals surface area contributed by atoms with Crippen molar-refractivity contribution in [3.05, 3.63) is 0 Å². The van der Waals surface area contributed by atoms with Gasteiger partial charge in [0.15, 0.2) is 0 Å². The molecule has 3 heteroatoms. The van der Waals surface area contributed by atoms with Gasteiger partial charge in [0, 0.05) is 13.1 Å². The van der Waals surface area contributed by atoms with E-state index < -0.39 is 0 Å². The van der Waals surface area contributed by atoms with Crippen LogP contribution in [-0.4, -0.2) is 29.9 Å². The van der Waals surface area contributed by atoms with Crippen molar-refractivity contribution in [1.29, 1.82) is 0 Å². The second-order valence-corrected chi connectivity index (χ2v) is 5.23. The predicted molar refractivity (Wildman–Crippen MR) is 60.4 cm³/mol. The average Bonchev–Trinajstić information content (AvgIpc) is 2.88. The lowest BCUT2D eigenvalue weighted by molar-refractivity contribution is -0.132. The molecule has 0 unspecified atom stereocenters. The number of hydrogen-bond donors (Lipinski definition) is 1. The molecule has 2 fully saturated rings. The number of amides is 1. The fourth-order valence-electron chi connectivity index (χ4n) is 3.07. The van der Waals surface area contributed by atoms with Gasteiger partial charge in [0.25, 0.3) is 0 Å². The van der Waals surface area contributed by atoms with Crippen LogP contribution in [-0.2, 0) is 4.79 Å². The van der Waals surface area contributed by atoms with Crippen molar-refractivity contribution in [2.75, 3.05) is 13.1 Å². The maximum atomic E-state index is 11.9. The molecule has 1 atom stereocenters. The fraction of sp³-hybridized carbons (Fsp3) is 0.917. The molecule has 86 valence electrons. The molecule has 1 aliphatic carbocycles. The van der Waals surface area contributed by atoms with Gasteiger partial charge in [0.05, 0.1) is 6.04 Å². The Labute approximate surface area is 92.0 Å². The molecule has 1 amide bonds. The Bertz CT molecular complexity index is 246. The van der Waals surface area contributed by atoms with E-state index in [1.54, 1.807) is 0 Å². The van der Waals surface area contributed by atoms with Crippen LogP contribution < -0.4 is 5.73 Å². The van der Waals surface area contributed by atoms with Crippen LogP contribution in [0, 0.1) is 5.41 Å². The summed E-state index contributed by atoms with van der Waals surface area (Å²) in [5.74, 6) is 0.168. The topological polar surface area (TPSA) is 46.3 Å². The second-order valence-electron chi connectivity index (χ2n) is 5.23. The van der Waals surface area contributed by atoms with E-state index >= 15 is 0 Å². The molecule has 15 heavy (non-hydrogen) atoms. The van der Waals surface area contributed by atoms with Crippen LogP contribution in [0.1, 0.15) is 45.4 Å². The summed E-state index contributed by atoms with van der Waals surface area (Å²) in [6, 6.07) is -0.276.